The van der Waals surface area contributed by atoms with Gasteiger partial charge in [0.15, 0.2) is 23.9 Å². The van der Waals surface area contributed by atoms with E-state index in [0.29, 0.717) is 5.56 Å². The molecular formula is C21H23N3O3. The largest absolute Gasteiger partial charge is 0.453 e. The second-order valence-electron chi connectivity index (χ2n) is 7.16. The number of aromatic nitrogens is 2. The summed E-state index contributed by atoms with van der Waals surface area (Å²) in [5.41, 5.74) is 3.28. The monoisotopic (exact) mass is 365 g/mol. The molecule has 0 amide bonds. The molecule has 6 heteroatoms. The minimum atomic E-state index is -0.623. The number of ketones is 1. The lowest BCUT2D eigenvalue weighted by atomic mass is 9.90. The van der Waals surface area contributed by atoms with Gasteiger partial charge < -0.3 is 9.64 Å². The molecule has 1 saturated heterocycles. The summed E-state index contributed by atoms with van der Waals surface area (Å²) in [6.45, 7) is 1.65. The molecule has 6 nitrogen and oxygen atoms in total. The van der Waals surface area contributed by atoms with E-state index in [1.807, 2.05) is 18.2 Å². The molecule has 0 unspecified atom stereocenters. The molecule has 4 rings (SSSR count). The molecule has 0 N–H and O–H groups in total. The number of hydrogen-bond donors (Lipinski definition) is 0. The average molecular weight is 365 g/mol. The Hall–Kier alpha value is -2.76. The highest BCUT2D eigenvalue weighted by Gasteiger charge is 2.18. The minimum Gasteiger partial charge on any atom is -0.453 e. The van der Waals surface area contributed by atoms with Crippen LogP contribution in [0.2, 0.25) is 0 Å². The van der Waals surface area contributed by atoms with Gasteiger partial charge in [-0.05, 0) is 67.9 Å². The summed E-state index contributed by atoms with van der Waals surface area (Å²) in [5.74, 6) is -0.0469. The van der Waals surface area contributed by atoms with Crippen LogP contribution in [-0.4, -0.2) is 41.6 Å². The van der Waals surface area contributed by atoms with Crippen molar-refractivity contribution in [1.82, 2.24) is 10.2 Å². The van der Waals surface area contributed by atoms with Gasteiger partial charge in [0.05, 0.1) is 0 Å². The van der Waals surface area contributed by atoms with Crippen LogP contribution in [0.25, 0.3) is 0 Å². The van der Waals surface area contributed by atoms with E-state index in [-0.39, 0.29) is 18.1 Å². The topological polar surface area (TPSA) is 72.4 Å². The van der Waals surface area contributed by atoms with Crippen LogP contribution >= 0.6 is 0 Å². The van der Waals surface area contributed by atoms with Gasteiger partial charge in [-0.1, -0.05) is 12.1 Å². The van der Waals surface area contributed by atoms with Gasteiger partial charge in [0.2, 0.25) is 0 Å². The van der Waals surface area contributed by atoms with Crippen molar-refractivity contribution in [3.8, 4) is 0 Å². The first kappa shape index (κ1) is 17.6. The summed E-state index contributed by atoms with van der Waals surface area (Å²) < 4.78 is 5.15. The smallest absolute Gasteiger partial charge is 0.359 e. The van der Waals surface area contributed by atoms with Crippen LogP contribution in [0.4, 0.5) is 5.82 Å². The van der Waals surface area contributed by atoms with E-state index in [2.05, 4.69) is 15.1 Å². The maximum absolute atomic E-state index is 12.4. The Bertz CT molecular complexity index is 842. The predicted octanol–water partition coefficient (Wildman–Crippen LogP) is 3.00. The number of aryl methyl sites for hydroxylation is 2. The fraction of sp³-hybridized carbons (Fsp3) is 0.429. The van der Waals surface area contributed by atoms with Crippen molar-refractivity contribution in [3.63, 3.8) is 0 Å². The normalized spacial score (nSPS) is 16.1. The third kappa shape index (κ3) is 3.99. The second-order valence-corrected chi connectivity index (χ2v) is 7.16. The molecule has 1 aromatic carbocycles. The first-order chi connectivity index (χ1) is 13.2. The number of carbonyl (C=O) groups excluding carboxylic acids is 2. The van der Waals surface area contributed by atoms with E-state index < -0.39 is 5.97 Å². The summed E-state index contributed by atoms with van der Waals surface area (Å²) in [5, 5.41) is 8.06. The van der Waals surface area contributed by atoms with Crippen molar-refractivity contribution in [1.29, 1.82) is 0 Å². The Morgan fingerprint density at radius 2 is 1.70 bits per heavy atom. The van der Waals surface area contributed by atoms with Gasteiger partial charge in [0.1, 0.15) is 0 Å². The van der Waals surface area contributed by atoms with E-state index in [9.17, 15) is 9.59 Å². The first-order valence-electron chi connectivity index (χ1n) is 9.61. The number of rotatable bonds is 5. The summed E-state index contributed by atoms with van der Waals surface area (Å²) >= 11 is 0. The summed E-state index contributed by atoms with van der Waals surface area (Å²) in [6.07, 6.45) is 6.74. The molecule has 1 aliphatic heterocycles. The van der Waals surface area contributed by atoms with Crippen LogP contribution < -0.4 is 4.90 Å². The van der Waals surface area contributed by atoms with Gasteiger partial charge in [-0.25, -0.2) is 4.79 Å². The van der Waals surface area contributed by atoms with Gasteiger partial charge in [-0.15, -0.1) is 10.2 Å². The molecule has 0 atom stereocenters. The van der Waals surface area contributed by atoms with Gasteiger partial charge in [0.25, 0.3) is 0 Å². The van der Waals surface area contributed by atoms with Crippen LogP contribution in [0.5, 0.6) is 0 Å². The van der Waals surface area contributed by atoms with E-state index in [1.165, 1.54) is 17.5 Å². The highest BCUT2D eigenvalue weighted by molar-refractivity contribution is 5.99. The Morgan fingerprint density at radius 3 is 2.44 bits per heavy atom. The molecular weight excluding hydrogens is 342 g/mol. The highest BCUT2D eigenvalue weighted by Crippen LogP contribution is 2.22. The number of esters is 1. The van der Waals surface area contributed by atoms with Gasteiger partial charge in [0, 0.05) is 18.7 Å². The molecule has 27 heavy (non-hydrogen) atoms. The summed E-state index contributed by atoms with van der Waals surface area (Å²) in [7, 11) is 0. The number of fused-ring (bicyclic) bond motifs is 1. The molecule has 0 bridgehead atoms. The standard InChI is InChI=1S/C21H23N3O3/c25-19(17-8-7-15-5-1-2-6-16(15)13-17)14-27-21(26)18-9-10-20(23-22-18)24-11-3-4-12-24/h7-10,13H,1-6,11-12,14H2. The zero-order valence-corrected chi connectivity index (χ0v) is 15.3. The summed E-state index contributed by atoms with van der Waals surface area (Å²) in [6, 6.07) is 9.17. The van der Waals surface area contributed by atoms with E-state index in [0.717, 1.165) is 51.0 Å². The van der Waals surface area contributed by atoms with Gasteiger partial charge in [-0.2, -0.15) is 0 Å². The van der Waals surface area contributed by atoms with Crippen LogP contribution in [0.3, 0.4) is 0 Å². The molecule has 1 fully saturated rings. The third-order valence-electron chi connectivity index (χ3n) is 5.29. The zero-order chi connectivity index (χ0) is 18.6. The number of Topliss-reactive ketones (excluding diaryl/α,β-unsaturated/α-hetero) is 1. The second kappa shape index (κ2) is 7.86. The fourth-order valence-corrected chi connectivity index (χ4v) is 3.74. The van der Waals surface area contributed by atoms with Crippen LogP contribution in [-0.2, 0) is 17.6 Å². The van der Waals surface area contributed by atoms with Crippen molar-refractivity contribution in [2.75, 3.05) is 24.6 Å². The number of hydrogen-bond acceptors (Lipinski definition) is 6. The van der Waals surface area contributed by atoms with E-state index in [1.54, 1.807) is 12.1 Å². The minimum absolute atomic E-state index is 0.121. The zero-order valence-electron chi connectivity index (χ0n) is 15.3. The third-order valence-corrected chi connectivity index (χ3v) is 5.29. The predicted molar refractivity (Wildman–Crippen MR) is 101 cm³/mol. The Labute approximate surface area is 158 Å². The lowest BCUT2D eigenvalue weighted by molar-refractivity contribution is 0.0467. The van der Waals surface area contributed by atoms with E-state index in [4.69, 9.17) is 4.74 Å². The Morgan fingerprint density at radius 1 is 0.926 bits per heavy atom. The quantitative estimate of drug-likeness (QED) is 0.599. The number of ether oxygens (including phenoxy) is 1. The molecule has 1 aromatic heterocycles. The number of carbonyl (C=O) groups is 2. The molecule has 140 valence electrons. The average Bonchev–Trinajstić information content (AvgIpc) is 3.26. The van der Waals surface area contributed by atoms with Crippen LogP contribution in [0.15, 0.2) is 30.3 Å². The van der Waals surface area contributed by atoms with Gasteiger partial charge in [-0.3, -0.25) is 4.79 Å². The maximum Gasteiger partial charge on any atom is 0.359 e. The van der Waals surface area contributed by atoms with Crippen molar-refractivity contribution >= 4 is 17.6 Å². The molecule has 0 radical (unpaired) electrons. The number of benzene rings is 1. The van der Waals surface area contributed by atoms with Crippen LogP contribution in [0, 0.1) is 0 Å². The number of anilines is 1. The first-order valence-corrected chi connectivity index (χ1v) is 9.61. The molecule has 2 aromatic rings. The lowest BCUT2D eigenvalue weighted by Gasteiger charge is -2.16. The van der Waals surface area contributed by atoms with Crippen molar-refractivity contribution in [2.45, 2.75) is 38.5 Å². The molecule has 2 heterocycles. The fourth-order valence-electron chi connectivity index (χ4n) is 3.74. The Kier molecular flexibility index (Phi) is 5.14. The molecule has 1 aliphatic carbocycles. The molecule has 0 spiro atoms. The molecule has 2 aliphatic rings. The maximum atomic E-state index is 12.4. The van der Waals surface area contributed by atoms with Crippen molar-refractivity contribution in [2.24, 2.45) is 0 Å². The highest BCUT2D eigenvalue weighted by atomic mass is 16.5. The van der Waals surface area contributed by atoms with Crippen molar-refractivity contribution < 1.29 is 14.3 Å². The van der Waals surface area contributed by atoms with Crippen molar-refractivity contribution in [3.05, 3.63) is 52.7 Å². The Balaban J connectivity index is 1.35. The molecule has 0 saturated carbocycles. The van der Waals surface area contributed by atoms with Crippen LogP contribution in [0.1, 0.15) is 57.7 Å². The number of nitrogens with zero attached hydrogens (tertiary/aromatic N) is 3. The van der Waals surface area contributed by atoms with Gasteiger partial charge >= 0.3 is 5.97 Å². The summed E-state index contributed by atoms with van der Waals surface area (Å²) in [4.78, 5) is 26.7. The van der Waals surface area contributed by atoms with E-state index >= 15 is 0 Å². The SMILES string of the molecule is O=C(COC(=O)c1ccc(N2CCCC2)nn1)c1ccc2c(c1)CCCC2. The lowest BCUT2D eigenvalue weighted by Crippen LogP contribution is -2.20.